The molecule has 1 heterocycles. The van der Waals surface area contributed by atoms with Crippen LogP contribution in [0.1, 0.15) is 31.2 Å². The van der Waals surface area contributed by atoms with Crippen LogP contribution in [0.15, 0.2) is 18.2 Å². The van der Waals surface area contributed by atoms with Crippen LogP contribution in [0.4, 0.5) is 23.7 Å². The van der Waals surface area contributed by atoms with Gasteiger partial charge in [0, 0.05) is 18.3 Å². The Morgan fingerprint density at radius 2 is 1.92 bits per heavy atom. The van der Waals surface area contributed by atoms with E-state index < -0.39 is 28.8 Å². The first-order chi connectivity index (χ1) is 11.8. The van der Waals surface area contributed by atoms with Crippen LogP contribution in [-0.2, 0) is 11.0 Å². The van der Waals surface area contributed by atoms with Crippen molar-refractivity contribution < 1.29 is 22.8 Å². The highest BCUT2D eigenvalue weighted by Gasteiger charge is 2.37. The molecular formula is C16H17ClF3N3O2. The van der Waals surface area contributed by atoms with Gasteiger partial charge in [0.05, 0.1) is 10.6 Å². The van der Waals surface area contributed by atoms with Crippen molar-refractivity contribution in [1.82, 2.24) is 10.2 Å². The van der Waals surface area contributed by atoms with Crippen LogP contribution in [0.2, 0.25) is 5.02 Å². The lowest BCUT2D eigenvalue weighted by Gasteiger charge is -2.24. The molecule has 2 fully saturated rings. The quantitative estimate of drug-likeness (QED) is 0.847. The Hall–Kier alpha value is -1.96. The summed E-state index contributed by atoms with van der Waals surface area (Å²) < 4.78 is 38.7. The number of rotatable bonds is 3. The van der Waals surface area contributed by atoms with Gasteiger partial charge in [-0.15, -0.1) is 0 Å². The van der Waals surface area contributed by atoms with Gasteiger partial charge >= 0.3 is 12.2 Å². The summed E-state index contributed by atoms with van der Waals surface area (Å²) in [5.41, 5.74) is -1.04. The normalized spacial score (nSPS) is 20.5. The number of hydrogen-bond acceptors (Lipinski definition) is 2. The lowest BCUT2D eigenvalue weighted by molar-refractivity contribution is -0.137. The molecule has 3 amide bonds. The molecule has 1 unspecified atom stereocenters. The molecular weight excluding hydrogens is 359 g/mol. The largest absolute Gasteiger partial charge is 0.417 e. The van der Waals surface area contributed by atoms with E-state index in [0.29, 0.717) is 19.4 Å². The second kappa shape index (κ2) is 6.74. The molecule has 3 rings (SSSR count). The van der Waals surface area contributed by atoms with Crippen molar-refractivity contribution >= 4 is 29.2 Å². The van der Waals surface area contributed by atoms with Crippen molar-refractivity contribution in [3.05, 3.63) is 28.8 Å². The number of carbonyl (C=O) groups excluding carboxylic acids is 2. The molecule has 1 aromatic rings. The van der Waals surface area contributed by atoms with Crippen LogP contribution in [0.3, 0.4) is 0 Å². The third-order valence-electron chi connectivity index (χ3n) is 4.26. The minimum atomic E-state index is -4.61. The number of likely N-dealkylation sites (tertiary alicyclic amines) is 1. The van der Waals surface area contributed by atoms with Gasteiger partial charge in [0.1, 0.15) is 6.04 Å². The van der Waals surface area contributed by atoms with Gasteiger partial charge in [-0.25, -0.2) is 4.79 Å². The van der Waals surface area contributed by atoms with E-state index in [0.717, 1.165) is 25.0 Å². The van der Waals surface area contributed by atoms with Gasteiger partial charge in [0.15, 0.2) is 0 Å². The molecule has 1 aliphatic carbocycles. The third kappa shape index (κ3) is 4.18. The SMILES string of the molecule is O=C(NC1CC1)C1CCCN1C(=O)Nc1ccc(Cl)c(C(F)(F)F)c1. The molecule has 0 bridgehead atoms. The number of alkyl halides is 3. The fourth-order valence-electron chi connectivity index (χ4n) is 2.82. The predicted molar refractivity (Wildman–Crippen MR) is 86.4 cm³/mol. The number of urea groups is 1. The number of nitrogens with one attached hydrogen (secondary N) is 2. The maximum Gasteiger partial charge on any atom is 0.417 e. The lowest BCUT2D eigenvalue weighted by atomic mass is 10.2. The number of hydrogen-bond donors (Lipinski definition) is 2. The highest BCUT2D eigenvalue weighted by atomic mass is 35.5. The summed E-state index contributed by atoms with van der Waals surface area (Å²) in [7, 11) is 0. The van der Waals surface area contributed by atoms with Crippen molar-refractivity contribution in [2.45, 2.75) is 43.9 Å². The van der Waals surface area contributed by atoms with E-state index in [-0.39, 0.29) is 17.6 Å². The van der Waals surface area contributed by atoms with E-state index in [1.807, 2.05) is 0 Å². The summed E-state index contributed by atoms with van der Waals surface area (Å²) in [6, 6.07) is 2.17. The molecule has 5 nitrogen and oxygen atoms in total. The van der Waals surface area contributed by atoms with Crippen LogP contribution < -0.4 is 10.6 Å². The lowest BCUT2D eigenvalue weighted by Crippen LogP contribution is -2.48. The van der Waals surface area contributed by atoms with E-state index in [4.69, 9.17) is 11.6 Å². The summed E-state index contributed by atoms with van der Waals surface area (Å²) in [6.45, 7) is 0.383. The van der Waals surface area contributed by atoms with E-state index >= 15 is 0 Å². The fourth-order valence-corrected chi connectivity index (χ4v) is 3.05. The smallest absolute Gasteiger partial charge is 0.352 e. The zero-order valence-electron chi connectivity index (χ0n) is 13.2. The summed E-state index contributed by atoms with van der Waals surface area (Å²) >= 11 is 5.57. The Bertz CT molecular complexity index is 692. The maximum absolute atomic E-state index is 12.9. The molecule has 1 aliphatic heterocycles. The highest BCUT2D eigenvalue weighted by molar-refractivity contribution is 6.31. The number of carbonyl (C=O) groups is 2. The zero-order valence-corrected chi connectivity index (χ0v) is 14.0. The van der Waals surface area contributed by atoms with E-state index in [1.165, 1.54) is 11.0 Å². The van der Waals surface area contributed by atoms with Crippen LogP contribution >= 0.6 is 11.6 Å². The molecule has 2 N–H and O–H groups in total. The number of nitrogens with zero attached hydrogens (tertiary/aromatic N) is 1. The van der Waals surface area contributed by atoms with Gasteiger partial charge in [-0.2, -0.15) is 13.2 Å². The van der Waals surface area contributed by atoms with E-state index in [2.05, 4.69) is 10.6 Å². The van der Waals surface area contributed by atoms with Gasteiger partial charge < -0.3 is 15.5 Å². The Kier molecular flexibility index (Phi) is 4.81. The molecule has 0 aromatic heterocycles. The molecule has 0 radical (unpaired) electrons. The highest BCUT2D eigenvalue weighted by Crippen LogP contribution is 2.36. The van der Waals surface area contributed by atoms with Crippen molar-refractivity contribution in [3.63, 3.8) is 0 Å². The van der Waals surface area contributed by atoms with Crippen molar-refractivity contribution in [2.75, 3.05) is 11.9 Å². The second-order valence-electron chi connectivity index (χ2n) is 6.26. The van der Waals surface area contributed by atoms with Crippen molar-refractivity contribution in [2.24, 2.45) is 0 Å². The fraction of sp³-hybridized carbons (Fsp3) is 0.500. The standard InChI is InChI=1S/C16H17ClF3N3O2/c17-12-6-5-10(8-11(12)16(18,19)20)22-15(25)23-7-1-2-13(23)14(24)21-9-3-4-9/h5-6,8-9,13H,1-4,7H2,(H,21,24)(H,22,25). The minimum absolute atomic E-state index is 0.0185. The Labute approximate surface area is 147 Å². The van der Waals surface area contributed by atoms with Gasteiger partial charge in [0.25, 0.3) is 0 Å². The average Bonchev–Trinajstić information content (AvgIpc) is 3.20. The molecule has 25 heavy (non-hydrogen) atoms. The molecule has 2 aliphatic rings. The number of amides is 3. The molecule has 1 saturated heterocycles. The summed E-state index contributed by atoms with van der Waals surface area (Å²) in [5.74, 6) is -0.206. The van der Waals surface area contributed by atoms with Crippen molar-refractivity contribution in [1.29, 1.82) is 0 Å². The van der Waals surface area contributed by atoms with Crippen LogP contribution in [0, 0.1) is 0 Å². The summed E-state index contributed by atoms with van der Waals surface area (Å²) in [4.78, 5) is 26.0. The first kappa shape index (κ1) is 17.8. The average molecular weight is 376 g/mol. The Balaban J connectivity index is 1.69. The number of anilines is 1. The Morgan fingerprint density at radius 1 is 1.20 bits per heavy atom. The van der Waals surface area contributed by atoms with Gasteiger partial charge in [0.2, 0.25) is 5.91 Å². The predicted octanol–water partition coefficient (Wildman–Crippen LogP) is 3.63. The third-order valence-corrected chi connectivity index (χ3v) is 4.59. The number of benzene rings is 1. The van der Waals surface area contributed by atoms with E-state index in [9.17, 15) is 22.8 Å². The Morgan fingerprint density at radius 3 is 2.56 bits per heavy atom. The van der Waals surface area contributed by atoms with Crippen molar-refractivity contribution in [3.8, 4) is 0 Å². The molecule has 136 valence electrons. The first-order valence-electron chi connectivity index (χ1n) is 8.00. The molecule has 9 heteroatoms. The van der Waals surface area contributed by atoms with Crippen LogP contribution in [-0.4, -0.2) is 35.5 Å². The van der Waals surface area contributed by atoms with Crippen LogP contribution in [0.25, 0.3) is 0 Å². The number of halogens is 4. The maximum atomic E-state index is 12.9. The summed E-state index contributed by atoms with van der Waals surface area (Å²) in [6.07, 6.45) is -1.52. The molecule has 1 aromatic carbocycles. The molecule has 0 spiro atoms. The first-order valence-corrected chi connectivity index (χ1v) is 8.38. The van der Waals surface area contributed by atoms with Gasteiger partial charge in [-0.3, -0.25) is 4.79 Å². The zero-order chi connectivity index (χ0) is 18.2. The van der Waals surface area contributed by atoms with Crippen LogP contribution in [0.5, 0.6) is 0 Å². The topological polar surface area (TPSA) is 61.4 Å². The summed E-state index contributed by atoms with van der Waals surface area (Å²) in [5, 5.41) is 4.84. The molecule has 1 atom stereocenters. The monoisotopic (exact) mass is 375 g/mol. The van der Waals surface area contributed by atoms with Gasteiger partial charge in [-0.05, 0) is 43.9 Å². The second-order valence-corrected chi connectivity index (χ2v) is 6.66. The minimum Gasteiger partial charge on any atom is -0.352 e. The van der Waals surface area contributed by atoms with Gasteiger partial charge in [-0.1, -0.05) is 11.6 Å². The molecule has 1 saturated carbocycles. The van der Waals surface area contributed by atoms with E-state index in [1.54, 1.807) is 0 Å².